The Labute approximate surface area is 157 Å². The van der Waals surface area contributed by atoms with Crippen molar-refractivity contribution in [3.8, 4) is 6.19 Å². The van der Waals surface area contributed by atoms with E-state index >= 15 is 0 Å². The van der Waals surface area contributed by atoms with Crippen LogP contribution in [-0.2, 0) is 0 Å². The molecule has 1 fully saturated rings. The van der Waals surface area contributed by atoms with Crippen molar-refractivity contribution in [3.05, 3.63) is 48.1 Å². The van der Waals surface area contributed by atoms with Gasteiger partial charge >= 0.3 is 6.03 Å². The lowest BCUT2D eigenvalue weighted by Crippen LogP contribution is -2.43. The summed E-state index contributed by atoms with van der Waals surface area (Å²) in [6, 6.07) is -0.0486. The highest BCUT2D eigenvalue weighted by atomic mass is 16.2. The number of amides is 2. The highest BCUT2D eigenvalue weighted by molar-refractivity contribution is 5.74. The molecule has 1 heterocycles. The Morgan fingerprint density at radius 3 is 2.88 bits per heavy atom. The van der Waals surface area contributed by atoms with Gasteiger partial charge in [-0.25, -0.2) is 4.79 Å². The Kier molecular flexibility index (Phi) is 8.54. The maximum Gasteiger partial charge on any atom is 0.315 e. The zero-order valence-electron chi connectivity index (χ0n) is 15.7. The van der Waals surface area contributed by atoms with E-state index in [-0.39, 0.29) is 12.1 Å². The van der Waals surface area contributed by atoms with E-state index in [0.29, 0.717) is 19.0 Å². The number of nitrogens with zero attached hydrogens (tertiary/aromatic N) is 2. The van der Waals surface area contributed by atoms with Gasteiger partial charge in [0.1, 0.15) is 0 Å². The molecule has 26 heavy (non-hydrogen) atoms. The van der Waals surface area contributed by atoms with Gasteiger partial charge in [-0.05, 0) is 37.2 Å². The highest BCUT2D eigenvalue weighted by Crippen LogP contribution is 2.24. The van der Waals surface area contributed by atoms with E-state index in [2.05, 4.69) is 60.2 Å². The summed E-state index contributed by atoms with van der Waals surface area (Å²) in [6.07, 6.45) is 22.0. The molecule has 5 heteroatoms. The highest BCUT2D eigenvalue weighted by Gasteiger charge is 2.22. The lowest BCUT2D eigenvalue weighted by atomic mass is 9.89. The van der Waals surface area contributed by atoms with Gasteiger partial charge in [-0.15, -0.1) is 0 Å². The van der Waals surface area contributed by atoms with Crippen LogP contribution in [0, 0.1) is 17.4 Å². The van der Waals surface area contributed by atoms with E-state index in [0.717, 1.165) is 38.6 Å². The number of carbonyl (C=O) groups excluding carboxylic acids is 1. The molecule has 0 aromatic rings. The van der Waals surface area contributed by atoms with Gasteiger partial charge in [0.25, 0.3) is 0 Å². The summed E-state index contributed by atoms with van der Waals surface area (Å²) in [4.78, 5) is 13.7. The third kappa shape index (κ3) is 6.79. The first-order chi connectivity index (χ1) is 12.7. The van der Waals surface area contributed by atoms with Crippen LogP contribution >= 0.6 is 0 Å². The molecule has 0 radical (unpaired) electrons. The summed E-state index contributed by atoms with van der Waals surface area (Å²) in [5, 5.41) is 14.8. The monoisotopic (exact) mass is 354 g/mol. The molecule has 1 saturated heterocycles. The van der Waals surface area contributed by atoms with Crippen LogP contribution in [0.1, 0.15) is 39.0 Å². The Balaban J connectivity index is 1.71. The third-order valence-electron chi connectivity index (χ3n) is 4.81. The fourth-order valence-electron chi connectivity index (χ4n) is 3.44. The van der Waals surface area contributed by atoms with Crippen LogP contribution in [0.25, 0.3) is 0 Å². The van der Waals surface area contributed by atoms with Crippen LogP contribution < -0.4 is 10.6 Å². The van der Waals surface area contributed by atoms with Gasteiger partial charge in [-0.2, -0.15) is 5.26 Å². The van der Waals surface area contributed by atoms with Gasteiger partial charge in [0.15, 0.2) is 6.19 Å². The van der Waals surface area contributed by atoms with Gasteiger partial charge in [0.05, 0.1) is 6.04 Å². The molecule has 5 nitrogen and oxygen atoms in total. The molecule has 0 aromatic heterocycles. The average molecular weight is 354 g/mol. The second kappa shape index (κ2) is 11.2. The largest absolute Gasteiger partial charge is 0.338 e. The normalized spacial score (nSPS) is 25.8. The smallest absolute Gasteiger partial charge is 0.315 e. The lowest BCUT2D eigenvalue weighted by molar-refractivity contribution is 0.237. The summed E-state index contributed by atoms with van der Waals surface area (Å²) in [6.45, 7) is 4.23. The van der Waals surface area contributed by atoms with Crippen LogP contribution in [0.3, 0.4) is 0 Å². The Morgan fingerprint density at radius 1 is 1.31 bits per heavy atom. The number of allylic oxidation sites excluding steroid dienone is 8. The first kappa shape index (κ1) is 19.8. The Hall–Kier alpha value is -2.48. The zero-order valence-corrected chi connectivity index (χ0v) is 15.7. The topological polar surface area (TPSA) is 68.2 Å². The van der Waals surface area contributed by atoms with Crippen molar-refractivity contribution in [3.63, 3.8) is 0 Å². The van der Waals surface area contributed by atoms with Crippen molar-refractivity contribution in [2.45, 2.75) is 45.1 Å². The molecule has 2 atom stereocenters. The molecule has 0 spiro atoms. The van der Waals surface area contributed by atoms with Crippen molar-refractivity contribution < 1.29 is 4.79 Å². The van der Waals surface area contributed by atoms with Crippen LogP contribution in [0.5, 0.6) is 0 Å². The predicted molar refractivity (Wildman–Crippen MR) is 105 cm³/mol. The fraction of sp³-hybridized carbons (Fsp3) is 0.524. The molecule has 0 saturated carbocycles. The zero-order chi connectivity index (χ0) is 18.6. The number of nitriles is 1. The second-order valence-electron chi connectivity index (χ2n) is 6.86. The molecule has 1 aliphatic heterocycles. The van der Waals surface area contributed by atoms with Gasteiger partial charge in [0.2, 0.25) is 0 Å². The molecule has 2 amide bonds. The molecular formula is C21H30N4O. The van der Waals surface area contributed by atoms with E-state index in [1.165, 1.54) is 5.57 Å². The summed E-state index contributed by atoms with van der Waals surface area (Å²) < 4.78 is 0. The average Bonchev–Trinajstić information content (AvgIpc) is 3.05. The van der Waals surface area contributed by atoms with Crippen LogP contribution in [0.2, 0.25) is 0 Å². The molecule has 140 valence electrons. The van der Waals surface area contributed by atoms with Crippen LogP contribution in [-0.4, -0.2) is 36.6 Å². The van der Waals surface area contributed by atoms with Gasteiger partial charge < -0.3 is 15.5 Å². The maximum absolute atomic E-state index is 12.0. The number of hydrogen-bond donors (Lipinski definition) is 2. The molecular weight excluding hydrogens is 324 g/mol. The molecule has 0 bridgehead atoms. The lowest BCUT2D eigenvalue weighted by Gasteiger charge is -2.18. The summed E-state index contributed by atoms with van der Waals surface area (Å²) >= 11 is 0. The van der Waals surface area contributed by atoms with Gasteiger partial charge in [-0.3, -0.25) is 0 Å². The van der Waals surface area contributed by atoms with E-state index < -0.39 is 0 Å². The van der Waals surface area contributed by atoms with Crippen molar-refractivity contribution in [1.82, 2.24) is 15.5 Å². The molecule has 1 aliphatic carbocycles. The number of nitrogens with one attached hydrogen (secondary N) is 2. The van der Waals surface area contributed by atoms with Crippen molar-refractivity contribution in [2.24, 2.45) is 5.92 Å². The minimum absolute atomic E-state index is 0.0764. The first-order valence-corrected chi connectivity index (χ1v) is 9.63. The van der Waals surface area contributed by atoms with Crippen LogP contribution in [0.15, 0.2) is 48.1 Å². The summed E-state index contributed by atoms with van der Waals surface area (Å²) in [7, 11) is 0. The molecule has 2 aliphatic rings. The number of urea groups is 1. The summed E-state index contributed by atoms with van der Waals surface area (Å²) in [5.41, 5.74) is 1.36. The number of likely N-dealkylation sites (tertiary alicyclic amines) is 1. The van der Waals surface area contributed by atoms with Crippen molar-refractivity contribution in [2.75, 3.05) is 19.6 Å². The predicted octanol–water partition coefficient (Wildman–Crippen LogP) is 3.65. The first-order valence-electron chi connectivity index (χ1n) is 9.63. The minimum Gasteiger partial charge on any atom is -0.338 e. The molecule has 1 unspecified atom stereocenters. The SMILES string of the molecule is CCCC(CCCNC(=O)N[C@@H]1CCN(C#N)C1)C1=C/C=C\C=C/C=C\1. The van der Waals surface area contributed by atoms with Gasteiger partial charge in [-0.1, -0.05) is 55.9 Å². The quantitative estimate of drug-likeness (QED) is 0.516. The van der Waals surface area contributed by atoms with Crippen LogP contribution in [0.4, 0.5) is 4.79 Å². The van der Waals surface area contributed by atoms with E-state index in [1.807, 2.05) is 6.08 Å². The minimum atomic E-state index is -0.125. The molecule has 2 N–H and O–H groups in total. The Morgan fingerprint density at radius 2 is 2.12 bits per heavy atom. The third-order valence-corrected chi connectivity index (χ3v) is 4.81. The second-order valence-corrected chi connectivity index (χ2v) is 6.86. The number of carbonyl (C=O) groups is 1. The molecule has 2 rings (SSSR count). The number of rotatable bonds is 8. The summed E-state index contributed by atoms with van der Waals surface area (Å²) in [5.74, 6) is 0.524. The number of hydrogen-bond acceptors (Lipinski definition) is 3. The van der Waals surface area contributed by atoms with Gasteiger partial charge in [0, 0.05) is 19.6 Å². The van der Waals surface area contributed by atoms with E-state index in [1.54, 1.807) is 4.90 Å². The Bertz CT molecular complexity index is 612. The van der Waals surface area contributed by atoms with Crippen molar-refractivity contribution >= 4 is 6.03 Å². The maximum atomic E-state index is 12.0. The van der Waals surface area contributed by atoms with E-state index in [4.69, 9.17) is 5.26 Å². The van der Waals surface area contributed by atoms with E-state index in [9.17, 15) is 4.79 Å². The standard InChI is InChI=1S/C21H30N4O/c1-2-9-18(19-10-6-4-3-5-7-11-19)12-8-14-23-21(26)24-20-13-15-25(16-20)17-22/h3-7,10-11,18,20H,2,8-9,12-16H2,1H3,(H2,23,24,26)/b4-3-,5-3?,6-4?,7-5-,10-6-,11-7?,19-10?,19-11+/t18?,20-/m1/s1. The molecule has 0 aromatic carbocycles. The fourth-order valence-corrected chi connectivity index (χ4v) is 3.44. The van der Waals surface area contributed by atoms with Crippen molar-refractivity contribution in [1.29, 1.82) is 5.26 Å².